The zero-order valence-electron chi connectivity index (χ0n) is 14.8. The van der Waals surface area contributed by atoms with Gasteiger partial charge in [0.1, 0.15) is 11.3 Å². The molecule has 3 aromatic rings. The Kier molecular flexibility index (Phi) is 5.22. The molecule has 2 aromatic carbocycles. The molecule has 134 valence electrons. The summed E-state index contributed by atoms with van der Waals surface area (Å²) in [5, 5.41) is 0. The predicted octanol–water partition coefficient (Wildman–Crippen LogP) is 4.16. The minimum atomic E-state index is -0.492. The van der Waals surface area contributed by atoms with Crippen LogP contribution in [0.2, 0.25) is 0 Å². The number of ether oxygens (including phenoxy) is 3. The predicted molar refractivity (Wildman–Crippen MR) is 97.6 cm³/mol. The first kappa shape index (κ1) is 17.5. The minimum absolute atomic E-state index is 0.396. The number of rotatable bonds is 6. The van der Waals surface area contributed by atoms with Gasteiger partial charge in [-0.05, 0) is 42.8 Å². The lowest BCUT2D eigenvalue weighted by atomic mass is 10.2. The van der Waals surface area contributed by atoms with E-state index in [1.807, 2.05) is 13.0 Å². The molecule has 1 aromatic heterocycles. The van der Waals surface area contributed by atoms with Gasteiger partial charge in [-0.1, -0.05) is 6.07 Å². The Bertz CT molecular complexity index is 958. The van der Waals surface area contributed by atoms with Gasteiger partial charge in [-0.2, -0.15) is 0 Å². The number of esters is 1. The number of benzene rings is 2. The van der Waals surface area contributed by atoms with Crippen LogP contribution in [0.25, 0.3) is 17.2 Å². The summed E-state index contributed by atoms with van der Waals surface area (Å²) in [6.45, 7) is 4.22. The molecule has 0 aliphatic carbocycles. The van der Waals surface area contributed by atoms with Crippen molar-refractivity contribution in [3.05, 3.63) is 53.9 Å². The van der Waals surface area contributed by atoms with Crippen LogP contribution in [0.1, 0.15) is 18.4 Å². The first-order valence-electron chi connectivity index (χ1n) is 8.17. The first-order valence-corrected chi connectivity index (χ1v) is 8.17. The highest BCUT2D eigenvalue weighted by Gasteiger charge is 2.07. The summed E-state index contributed by atoms with van der Waals surface area (Å²) in [5.41, 5.74) is 2.09. The van der Waals surface area contributed by atoms with Gasteiger partial charge >= 0.3 is 5.97 Å². The number of methoxy groups -OCH3 is 1. The van der Waals surface area contributed by atoms with Crippen molar-refractivity contribution < 1.29 is 23.4 Å². The van der Waals surface area contributed by atoms with E-state index in [-0.39, 0.29) is 0 Å². The van der Waals surface area contributed by atoms with E-state index in [0.717, 1.165) is 11.1 Å². The lowest BCUT2D eigenvalue weighted by Gasteiger charge is -2.09. The van der Waals surface area contributed by atoms with Crippen LogP contribution in [0, 0.1) is 6.92 Å². The van der Waals surface area contributed by atoms with Crippen molar-refractivity contribution in [2.75, 3.05) is 13.7 Å². The average molecular weight is 353 g/mol. The highest BCUT2D eigenvalue weighted by atomic mass is 16.5. The lowest BCUT2D eigenvalue weighted by Crippen LogP contribution is -2.03. The molecule has 0 bridgehead atoms. The Morgan fingerprint density at radius 2 is 2.04 bits per heavy atom. The standard InChI is InChI=1S/C20H19NO5/c1-4-24-17-9-5-14(11-19(17)23-3)6-10-20(22)26-15-7-8-16-18(12-15)25-13(2)21-16/h5-12H,4H2,1-3H3/b10-6+. The summed E-state index contributed by atoms with van der Waals surface area (Å²) >= 11 is 0. The zero-order chi connectivity index (χ0) is 18.5. The fourth-order valence-corrected chi connectivity index (χ4v) is 2.46. The highest BCUT2D eigenvalue weighted by Crippen LogP contribution is 2.28. The summed E-state index contributed by atoms with van der Waals surface area (Å²) in [7, 11) is 1.57. The Morgan fingerprint density at radius 1 is 1.19 bits per heavy atom. The molecule has 0 saturated carbocycles. The molecule has 0 amide bonds. The number of aryl methyl sites for hydroxylation is 1. The van der Waals surface area contributed by atoms with Crippen molar-refractivity contribution in [1.29, 1.82) is 0 Å². The summed E-state index contributed by atoms with van der Waals surface area (Å²) in [4.78, 5) is 16.2. The van der Waals surface area contributed by atoms with Crippen molar-refractivity contribution in [3.8, 4) is 17.2 Å². The van der Waals surface area contributed by atoms with Crippen LogP contribution >= 0.6 is 0 Å². The summed E-state index contributed by atoms with van der Waals surface area (Å²) in [5.74, 6) is 1.73. The second kappa shape index (κ2) is 7.74. The fraction of sp³-hybridized carbons (Fsp3) is 0.200. The van der Waals surface area contributed by atoms with E-state index in [1.165, 1.54) is 6.08 Å². The molecule has 6 nitrogen and oxygen atoms in total. The van der Waals surface area contributed by atoms with Gasteiger partial charge in [0.05, 0.1) is 13.7 Å². The minimum Gasteiger partial charge on any atom is -0.493 e. The molecular weight excluding hydrogens is 334 g/mol. The third-order valence-electron chi connectivity index (χ3n) is 3.58. The maximum absolute atomic E-state index is 12.0. The van der Waals surface area contributed by atoms with Gasteiger partial charge in [0.25, 0.3) is 0 Å². The number of hydrogen-bond donors (Lipinski definition) is 0. The van der Waals surface area contributed by atoms with Crippen LogP contribution in [0.5, 0.6) is 17.2 Å². The smallest absolute Gasteiger partial charge is 0.336 e. The van der Waals surface area contributed by atoms with E-state index >= 15 is 0 Å². The molecule has 0 spiro atoms. The molecule has 6 heteroatoms. The summed E-state index contributed by atoms with van der Waals surface area (Å²) < 4.78 is 21.5. The van der Waals surface area contributed by atoms with Crippen LogP contribution in [0.15, 0.2) is 46.9 Å². The normalized spacial score (nSPS) is 11.0. The molecule has 1 heterocycles. The van der Waals surface area contributed by atoms with Crippen molar-refractivity contribution in [3.63, 3.8) is 0 Å². The largest absolute Gasteiger partial charge is 0.493 e. The molecule has 0 atom stereocenters. The SMILES string of the molecule is CCOc1ccc(/C=C/C(=O)Oc2ccc3nc(C)oc3c2)cc1OC. The van der Waals surface area contributed by atoms with E-state index in [9.17, 15) is 4.79 Å². The molecule has 0 unspecified atom stereocenters. The molecule has 0 aliphatic heterocycles. The van der Waals surface area contributed by atoms with Crippen LogP contribution in [0.3, 0.4) is 0 Å². The Labute approximate surface area is 151 Å². The molecule has 0 aliphatic rings. The number of aromatic nitrogens is 1. The van der Waals surface area contributed by atoms with E-state index in [1.54, 1.807) is 50.4 Å². The fourth-order valence-electron chi connectivity index (χ4n) is 2.46. The quantitative estimate of drug-likeness (QED) is 0.376. The Morgan fingerprint density at radius 3 is 2.81 bits per heavy atom. The van der Waals surface area contributed by atoms with Crippen molar-refractivity contribution >= 4 is 23.1 Å². The van der Waals surface area contributed by atoms with Gasteiger partial charge in [-0.25, -0.2) is 9.78 Å². The van der Waals surface area contributed by atoms with Gasteiger partial charge in [0.15, 0.2) is 23.0 Å². The van der Waals surface area contributed by atoms with Crippen LogP contribution in [-0.2, 0) is 4.79 Å². The Balaban J connectivity index is 1.70. The molecule has 0 radical (unpaired) electrons. The molecule has 26 heavy (non-hydrogen) atoms. The maximum atomic E-state index is 12.0. The maximum Gasteiger partial charge on any atom is 0.336 e. The van der Waals surface area contributed by atoms with Gasteiger partial charge in [0, 0.05) is 19.1 Å². The van der Waals surface area contributed by atoms with E-state index in [2.05, 4.69) is 4.98 Å². The monoisotopic (exact) mass is 353 g/mol. The van der Waals surface area contributed by atoms with Crippen LogP contribution in [-0.4, -0.2) is 24.7 Å². The molecule has 3 rings (SSSR count). The van der Waals surface area contributed by atoms with Crippen LogP contribution < -0.4 is 14.2 Å². The van der Waals surface area contributed by atoms with E-state index in [4.69, 9.17) is 18.6 Å². The second-order valence-electron chi connectivity index (χ2n) is 5.46. The molecule has 0 fully saturated rings. The molecule has 0 saturated heterocycles. The van der Waals surface area contributed by atoms with Gasteiger partial charge in [-0.3, -0.25) is 0 Å². The zero-order valence-corrected chi connectivity index (χ0v) is 14.8. The lowest BCUT2D eigenvalue weighted by molar-refractivity contribution is -0.128. The highest BCUT2D eigenvalue weighted by molar-refractivity contribution is 5.89. The van der Waals surface area contributed by atoms with Crippen LogP contribution in [0.4, 0.5) is 0 Å². The number of fused-ring (bicyclic) bond motifs is 1. The summed E-state index contributed by atoms with van der Waals surface area (Å²) in [6.07, 6.45) is 3.00. The average Bonchev–Trinajstić information content (AvgIpc) is 3.00. The number of hydrogen-bond acceptors (Lipinski definition) is 6. The molecular formula is C20H19NO5. The second-order valence-corrected chi connectivity index (χ2v) is 5.46. The number of carbonyl (C=O) groups is 1. The number of carbonyl (C=O) groups excluding carboxylic acids is 1. The van der Waals surface area contributed by atoms with Gasteiger partial charge < -0.3 is 18.6 Å². The van der Waals surface area contributed by atoms with Crippen molar-refractivity contribution in [2.24, 2.45) is 0 Å². The third kappa shape index (κ3) is 4.03. The van der Waals surface area contributed by atoms with Gasteiger partial charge in [0.2, 0.25) is 0 Å². The topological polar surface area (TPSA) is 70.8 Å². The number of oxazole rings is 1. The Hall–Kier alpha value is -3.28. The first-order chi connectivity index (χ1) is 12.6. The molecule has 0 N–H and O–H groups in total. The van der Waals surface area contributed by atoms with Crippen molar-refractivity contribution in [2.45, 2.75) is 13.8 Å². The number of nitrogens with zero attached hydrogens (tertiary/aromatic N) is 1. The van der Waals surface area contributed by atoms with Gasteiger partial charge in [-0.15, -0.1) is 0 Å². The summed E-state index contributed by atoms with van der Waals surface area (Å²) in [6, 6.07) is 10.5. The van der Waals surface area contributed by atoms with E-state index in [0.29, 0.717) is 35.3 Å². The van der Waals surface area contributed by atoms with Crippen molar-refractivity contribution in [1.82, 2.24) is 4.98 Å². The van der Waals surface area contributed by atoms with E-state index < -0.39 is 5.97 Å². The third-order valence-corrected chi connectivity index (χ3v) is 3.58.